The molecule has 2 aliphatic heterocycles. The minimum absolute atomic E-state index is 0.0381. The molecule has 1 aromatic rings. The van der Waals surface area contributed by atoms with Crippen molar-refractivity contribution in [3.8, 4) is 0 Å². The molecule has 1 atom stereocenters. The number of carbonyl (C=O) groups is 2. The fraction of sp³-hybridized carbons (Fsp3) is 0.529. The van der Waals surface area contributed by atoms with E-state index in [-0.39, 0.29) is 5.91 Å². The van der Waals surface area contributed by atoms with E-state index in [4.69, 9.17) is 0 Å². The molecule has 22 heavy (non-hydrogen) atoms. The third-order valence-corrected chi connectivity index (χ3v) is 4.87. The number of nitrogens with zero attached hydrogens (tertiary/aromatic N) is 2. The van der Waals surface area contributed by atoms with Crippen LogP contribution in [0.15, 0.2) is 24.3 Å². The molecule has 5 nitrogen and oxygen atoms in total. The summed E-state index contributed by atoms with van der Waals surface area (Å²) in [4.78, 5) is 27.5. The predicted octanol–water partition coefficient (Wildman–Crippen LogP) is 2.35. The number of hydrogen-bond acceptors (Lipinski definition) is 2. The van der Waals surface area contributed by atoms with Gasteiger partial charge in [-0.15, -0.1) is 0 Å². The quantitative estimate of drug-likeness (QED) is 0.866. The first-order valence-corrected chi connectivity index (χ1v) is 7.91. The molecule has 0 unspecified atom stereocenters. The van der Waals surface area contributed by atoms with Gasteiger partial charge in [-0.2, -0.15) is 0 Å². The molecule has 0 aliphatic carbocycles. The lowest BCUT2D eigenvalue weighted by Crippen LogP contribution is -2.54. The fourth-order valence-electron chi connectivity index (χ4n) is 3.38. The molecule has 1 aromatic carbocycles. The van der Waals surface area contributed by atoms with E-state index in [0.717, 1.165) is 37.1 Å². The fourth-order valence-corrected chi connectivity index (χ4v) is 3.38. The van der Waals surface area contributed by atoms with Crippen LogP contribution >= 0.6 is 0 Å². The topological polar surface area (TPSA) is 60.9 Å². The predicted molar refractivity (Wildman–Crippen MR) is 82.5 cm³/mol. The third-order valence-electron chi connectivity index (χ3n) is 4.87. The number of amides is 2. The standard InChI is InChI=1S/C17H22N2O3/c1-12-6-8-18(9-7-12)16(20)15-10-13-4-2-3-5-14(13)11-19(15)17(21)22/h2-5,12,15H,6-11H2,1H3,(H,21,22)/t15-/m0/s1. The first-order chi connectivity index (χ1) is 10.6. The van der Waals surface area contributed by atoms with Crippen LogP contribution in [-0.4, -0.2) is 46.0 Å². The Balaban J connectivity index is 1.81. The van der Waals surface area contributed by atoms with Gasteiger partial charge in [0.15, 0.2) is 0 Å². The number of hydrogen-bond donors (Lipinski definition) is 1. The Morgan fingerprint density at radius 2 is 1.77 bits per heavy atom. The van der Waals surface area contributed by atoms with E-state index in [9.17, 15) is 14.7 Å². The Labute approximate surface area is 130 Å². The molecule has 1 N–H and O–H groups in total. The summed E-state index contributed by atoms with van der Waals surface area (Å²) < 4.78 is 0. The van der Waals surface area contributed by atoms with Crippen molar-refractivity contribution in [3.63, 3.8) is 0 Å². The highest BCUT2D eigenvalue weighted by Gasteiger charge is 2.37. The Bertz CT molecular complexity index is 579. The second kappa shape index (κ2) is 5.99. The lowest BCUT2D eigenvalue weighted by Gasteiger charge is -2.39. The summed E-state index contributed by atoms with van der Waals surface area (Å²) in [5.74, 6) is 0.607. The highest BCUT2D eigenvalue weighted by molar-refractivity contribution is 5.86. The van der Waals surface area contributed by atoms with Gasteiger partial charge in [0.2, 0.25) is 5.91 Å². The van der Waals surface area contributed by atoms with Crippen molar-refractivity contribution < 1.29 is 14.7 Å². The summed E-state index contributed by atoms with van der Waals surface area (Å²) in [6.07, 6.45) is 1.47. The molecule has 0 radical (unpaired) electrons. The average Bonchev–Trinajstić information content (AvgIpc) is 2.53. The van der Waals surface area contributed by atoms with Gasteiger partial charge in [0.05, 0.1) is 6.54 Å². The number of benzene rings is 1. The van der Waals surface area contributed by atoms with Gasteiger partial charge >= 0.3 is 6.09 Å². The van der Waals surface area contributed by atoms with Crippen molar-refractivity contribution in [1.29, 1.82) is 0 Å². The van der Waals surface area contributed by atoms with Crippen LogP contribution in [-0.2, 0) is 17.8 Å². The Kier molecular flexibility index (Phi) is 4.05. The summed E-state index contributed by atoms with van der Waals surface area (Å²) >= 11 is 0. The molecule has 1 fully saturated rings. The van der Waals surface area contributed by atoms with Crippen LogP contribution in [0.1, 0.15) is 30.9 Å². The number of fused-ring (bicyclic) bond motifs is 1. The lowest BCUT2D eigenvalue weighted by atomic mass is 9.92. The minimum atomic E-state index is -1.02. The van der Waals surface area contributed by atoms with Gasteiger partial charge in [0.25, 0.3) is 0 Å². The molecule has 2 amide bonds. The van der Waals surface area contributed by atoms with Crippen LogP contribution in [0, 0.1) is 5.92 Å². The smallest absolute Gasteiger partial charge is 0.408 e. The maximum Gasteiger partial charge on any atom is 0.408 e. The molecule has 2 heterocycles. The van der Waals surface area contributed by atoms with Crippen LogP contribution in [0.25, 0.3) is 0 Å². The molecule has 0 spiro atoms. The summed E-state index contributed by atoms with van der Waals surface area (Å²) in [6, 6.07) is 7.20. The zero-order chi connectivity index (χ0) is 15.7. The monoisotopic (exact) mass is 302 g/mol. The summed E-state index contributed by atoms with van der Waals surface area (Å²) in [5.41, 5.74) is 2.09. The van der Waals surface area contributed by atoms with Gasteiger partial charge in [-0.3, -0.25) is 9.69 Å². The SMILES string of the molecule is CC1CCN(C(=O)[C@@H]2Cc3ccccc3CN2C(=O)O)CC1. The molecule has 0 bridgehead atoms. The van der Waals surface area contributed by atoms with Crippen LogP contribution in [0.3, 0.4) is 0 Å². The molecular formula is C17H22N2O3. The van der Waals surface area contributed by atoms with E-state index in [0.29, 0.717) is 18.9 Å². The summed E-state index contributed by atoms with van der Waals surface area (Å²) in [5, 5.41) is 9.48. The van der Waals surface area contributed by atoms with Crippen molar-refractivity contribution in [2.45, 2.75) is 38.8 Å². The largest absolute Gasteiger partial charge is 0.465 e. The Morgan fingerprint density at radius 1 is 1.14 bits per heavy atom. The molecule has 0 saturated carbocycles. The van der Waals surface area contributed by atoms with E-state index in [1.807, 2.05) is 29.2 Å². The molecule has 1 saturated heterocycles. The summed E-state index contributed by atoms with van der Waals surface area (Å²) in [6.45, 7) is 3.98. The maximum atomic E-state index is 12.8. The first kappa shape index (κ1) is 14.9. The van der Waals surface area contributed by atoms with Gasteiger partial charge in [-0.05, 0) is 29.9 Å². The number of carbonyl (C=O) groups excluding carboxylic acids is 1. The molecular weight excluding hydrogens is 280 g/mol. The van der Waals surface area contributed by atoms with Crippen molar-refractivity contribution in [2.24, 2.45) is 5.92 Å². The lowest BCUT2D eigenvalue weighted by molar-refractivity contribution is -0.138. The van der Waals surface area contributed by atoms with Crippen molar-refractivity contribution in [2.75, 3.05) is 13.1 Å². The third kappa shape index (κ3) is 2.80. The molecule has 0 aromatic heterocycles. The summed E-state index contributed by atoms with van der Waals surface area (Å²) in [7, 11) is 0. The molecule has 2 aliphatic rings. The van der Waals surface area contributed by atoms with E-state index in [1.165, 1.54) is 4.90 Å². The normalized spacial score (nSPS) is 22.3. The van der Waals surface area contributed by atoms with Gasteiger partial charge in [0.1, 0.15) is 6.04 Å². The van der Waals surface area contributed by atoms with Gasteiger partial charge < -0.3 is 10.0 Å². The number of rotatable bonds is 1. The van der Waals surface area contributed by atoms with E-state index in [1.54, 1.807) is 0 Å². The number of piperidine rings is 1. The highest BCUT2D eigenvalue weighted by Crippen LogP contribution is 2.26. The average molecular weight is 302 g/mol. The van der Waals surface area contributed by atoms with Crippen molar-refractivity contribution in [3.05, 3.63) is 35.4 Å². The van der Waals surface area contributed by atoms with E-state index in [2.05, 4.69) is 6.92 Å². The molecule has 118 valence electrons. The van der Waals surface area contributed by atoms with Gasteiger partial charge in [0, 0.05) is 19.5 Å². The highest BCUT2D eigenvalue weighted by atomic mass is 16.4. The second-order valence-corrected chi connectivity index (χ2v) is 6.41. The zero-order valence-electron chi connectivity index (χ0n) is 12.9. The number of carboxylic acid groups (broad SMARTS) is 1. The number of likely N-dealkylation sites (tertiary alicyclic amines) is 1. The Morgan fingerprint density at radius 3 is 2.41 bits per heavy atom. The maximum absolute atomic E-state index is 12.8. The first-order valence-electron chi connectivity index (χ1n) is 7.91. The molecule has 5 heteroatoms. The second-order valence-electron chi connectivity index (χ2n) is 6.41. The van der Waals surface area contributed by atoms with Crippen LogP contribution in [0.4, 0.5) is 4.79 Å². The van der Waals surface area contributed by atoms with Gasteiger partial charge in [-0.25, -0.2) is 4.79 Å². The van der Waals surface area contributed by atoms with Crippen molar-refractivity contribution >= 4 is 12.0 Å². The van der Waals surface area contributed by atoms with E-state index >= 15 is 0 Å². The minimum Gasteiger partial charge on any atom is -0.465 e. The van der Waals surface area contributed by atoms with Crippen LogP contribution in [0.2, 0.25) is 0 Å². The van der Waals surface area contributed by atoms with E-state index < -0.39 is 12.1 Å². The van der Waals surface area contributed by atoms with Crippen molar-refractivity contribution in [1.82, 2.24) is 9.80 Å². The zero-order valence-corrected chi connectivity index (χ0v) is 12.9. The van der Waals surface area contributed by atoms with Gasteiger partial charge in [-0.1, -0.05) is 31.2 Å². The molecule has 3 rings (SSSR count). The Hall–Kier alpha value is -2.04. The van der Waals surface area contributed by atoms with Crippen LogP contribution in [0.5, 0.6) is 0 Å². The van der Waals surface area contributed by atoms with Crippen LogP contribution < -0.4 is 0 Å².